The number of nitrogens with zero attached hydrogens (tertiary/aromatic N) is 5. The number of hydrogen-bond acceptors (Lipinski definition) is 7. The van der Waals surface area contributed by atoms with Crippen LogP contribution in [0.4, 0.5) is 13.2 Å². The largest absolute Gasteiger partial charge is 0.425 e. The minimum atomic E-state index is -0.822. The van der Waals surface area contributed by atoms with Gasteiger partial charge < -0.3 is 14.1 Å². The zero-order valence-corrected chi connectivity index (χ0v) is 26.4. The van der Waals surface area contributed by atoms with Gasteiger partial charge in [-0.05, 0) is 72.1 Å². The van der Waals surface area contributed by atoms with Crippen molar-refractivity contribution >= 4 is 5.91 Å². The van der Waals surface area contributed by atoms with Crippen LogP contribution >= 0.6 is 0 Å². The van der Waals surface area contributed by atoms with Crippen molar-refractivity contribution in [1.29, 1.82) is 0 Å². The Bertz CT molecular complexity index is 1590. The van der Waals surface area contributed by atoms with E-state index in [2.05, 4.69) is 35.9 Å². The minimum Gasteiger partial charge on any atom is -0.425 e. The van der Waals surface area contributed by atoms with Crippen molar-refractivity contribution in [2.24, 2.45) is 5.92 Å². The van der Waals surface area contributed by atoms with Gasteiger partial charge in [-0.3, -0.25) is 14.7 Å². The molecular formula is C33H40F3N5O3. The number of fused-ring (bicyclic) bond motifs is 2. The summed E-state index contributed by atoms with van der Waals surface area (Å²) in [4.78, 5) is 22.9. The highest BCUT2D eigenvalue weighted by molar-refractivity contribution is 5.81. The predicted octanol–water partition coefficient (Wildman–Crippen LogP) is 5.88. The van der Waals surface area contributed by atoms with Crippen LogP contribution in [0.5, 0.6) is 0 Å². The molecule has 0 N–H and O–H groups in total. The van der Waals surface area contributed by atoms with Crippen LogP contribution in [0.15, 0.2) is 28.7 Å². The Balaban J connectivity index is 1.27. The van der Waals surface area contributed by atoms with Crippen molar-refractivity contribution in [2.75, 3.05) is 26.2 Å². The van der Waals surface area contributed by atoms with E-state index in [1.165, 1.54) is 18.2 Å². The Kier molecular flexibility index (Phi) is 7.43. The maximum Gasteiger partial charge on any atom is 0.227 e. The average molecular weight is 612 g/mol. The van der Waals surface area contributed by atoms with E-state index < -0.39 is 46.4 Å². The molecule has 5 heterocycles. The van der Waals surface area contributed by atoms with Crippen molar-refractivity contribution in [2.45, 2.75) is 89.9 Å². The van der Waals surface area contributed by atoms with Crippen LogP contribution in [0, 0.1) is 37.2 Å². The lowest BCUT2D eigenvalue weighted by Crippen LogP contribution is -2.49. The van der Waals surface area contributed by atoms with Crippen molar-refractivity contribution in [3.63, 3.8) is 0 Å². The smallest absolute Gasteiger partial charge is 0.227 e. The molecule has 2 aromatic heterocycles. The second-order valence-corrected chi connectivity index (χ2v) is 14.1. The molecule has 3 aliphatic rings. The van der Waals surface area contributed by atoms with E-state index >= 15 is 4.39 Å². The van der Waals surface area contributed by atoms with Crippen molar-refractivity contribution < 1.29 is 27.1 Å². The number of aryl methyl sites for hydroxylation is 2. The fourth-order valence-electron chi connectivity index (χ4n) is 7.11. The van der Waals surface area contributed by atoms with Gasteiger partial charge in [0.2, 0.25) is 17.7 Å². The number of piperidine rings is 1. The number of carbonyl (C=O) groups excluding carboxylic acids is 1. The van der Waals surface area contributed by atoms with Crippen LogP contribution in [0.25, 0.3) is 0 Å². The normalized spacial score (nSPS) is 23.9. The molecule has 0 radical (unpaired) electrons. The topological polar surface area (TPSA) is 84.6 Å². The summed E-state index contributed by atoms with van der Waals surface area (Å²) < 4.78 is 56.3. The maximum atomic E-state index is 15.0. The van der Waals surface area contributed by atoms with Gasteiger partial charge in [0.1, 0.15) is 23.1 Å². The van der Waals surface area contributed by atoms with Gasteiger partial charge >= 0.3 is 0 Å². The van der Waals surface area contributed by atoms with E-state index in [0.29, 0.717) is 67.6 Å². The standard InChI is InChI=1S/C33H40F3N5O3/c1-18-25(35)15-22-27(37-18)33(44-28(22)32(6,7)30-39-38-19(2)43-30)10-12-40(13-11-33)29(42)24-17-41(31(3,4)5)16-23(24)21-9-8-20(34)14-26(21)36/h8-9,14-15,23-24,28H,10-13,16-17H2,1-7H3/t23-,24?,28?/m0/s1. The summed E-state index contributed by atoms with van der Waals surface area (Å²) in [6.07, 6.45) is 0.331. The number of aromatic nitrogens is 3. The number of ether oxygens (including phenoxy) is 1. The fourth-order valence-corrected chi connectivity index (χ4v) is 7.11. The molecule has 1 amide bonds. The summed E-state index contributed by atoms with van der Waals surface area (Å²) >= 11 is 0. The summed E-state index contributed by atoms with van der Waals surface area (Å²) in [6, 6.07) is 5.11. The third-order valence-electron chi connectivity index (χ3n) is 9.80. The molecule has 3 atom stereocenters. The zero-order chi connectivity index (χ0) is 31.8. The van der Waals surface area contributed by atoms with Crippen LogP contribution in [0.2, 0.25) is 0 Å². The first kappa shape index (κ1) is 30.7. The van der Waals surface area contributed by atoms with Crippen LogP contribution in [-0.4, -0.2) is 62.6 Å². The fraction of sp³-hybridized carbons (Fsp3) is 0.576. The molecule has 6 rings (SSSR count). The lowest BCUT2D eigenvalue weighted by Gasteiger charge is -2.41. The first-order valence-corrected chi connectivity index (χ1v) is 15.3. The zero-order valence-electron chi connectivity index (χ0n) is 26.4. The number of hydrogen-bond donors (Lipinski definition) is 0. The summed E-state index contributed by atoms with van der Waals surface area (Å²) in [5.74, 6) is -1.81. The van der Waals surface area contributed by atoms with E-state index in [0.717, 1.165) is 6.07 Å². The monoisotopic (exact) mass is 611 g/mol. The third kappa shape index (κ3) is 5.11. The van der Waals surface area contributed by atoms with Gasteiger partial charge in [0.15, 0.2) is 0 Å². The molecule has 44 heavy (non-hydrogen) atoms. The average Bonchev–Trinajstić information content (AvgIpc) is 3.67. The second kappa shape index (κ2) is 10.7. The molecule has 1 spiro atoms. The number of likely N-dealkylation sites (tertiary alicyclic amines) is 2. The number of carbonyl (C=O) groups is 1. The summed E-state index contributed by atoms with van der Waals surface area (Å²) in [5.41, 5.74) is 0.158. The molecule has 2 saturated heterocycles. The van der Waals surface area contributed by atoms with E-state index in [1.807, 2.05) is 18.7 Å². The lowest BCUT2D eigenvalue weighted by molar-refractivity contribution is -0.152. The Hall–Kier alpha value is -3.31. The predicted molar refractivity (Wildman–Crippen MR) is 156 cm³/mol. The van der Waals surface area contributed by atoms with Crippen molar-refractivity contribution in [1.82, 2.24) is 25.0 Å². The third-order valence-corrected chi connectivity index (χ3v) is 9.80. The van der Waals surface area contributed by atoms with Gasteiger partial charge in [0.05, 0.1) is 28.8 Å². The summed E-state index contributed by atoms with van der Waals surface area (Å²) in [5, 5.41) is 8.23. The first-order valence-electron chi connectivity index (χ1n) is 15.3. The van der Waals surface area contributed by atoms with E-state index in [1.54, 1.807) is 13.8 Å². The van der Waals surface area contributed by atoms with Crippen LogP contribution in [0.3, 0.4) is 0 Å². The molecule has 11 heteroatoms. The minimum absolute atomic E-state index is 0.0555. The number of pyridine rings is 1. The van der Waals surface area contributed by atoms with E-state index in [4.69, 9.17) is 14.1 Å². The molecule has 8 nitrogen and oxygen atoms in total. The van der Waals surface area contributed by atoms with Crippen LogP contribution in [0.1, 0.15) is 93.8 Å². The summed E-state index contributed by atoms with van der Waals surface area (Å²) in [6.45, 7) is 15.2. The molecule has 0 saturated carbocycles. The van der Waals surface area contributed by atoms with Crippen molar-refractivity contribution in [3.05, 3.63) is 76.0 Å². The number of amides is 1. The molecule has 0 bridgehead atoms. The molecular weight excluding hydrogens is 571 g/mol. The van der Waals surface area contributed by atoms with E-state index in [9.17, 15) is 13.6 Å². The highest BCUT2D eigenvalue weighted by atomic mass is 19.1. The number of benzene rings is 1. The SMILES string of the molecule is Cc1nnc(C(C)(C)C2OC3(CCN(C(=O)C4CN(C(C)(C)C)C[C@H]4c4ccc(F)cc4F)CC3)c3nc(C)c(F)cc32)o1. The summed E-state index contributed by atoms with van der Waals surface area (Å²) in [7, 11) is 0. The Morgan fingerprint density at radius 3 is 2.27 bits per heavy atom. The quantitative estimate of drug-likeness (QED) is 0.364. The van der Waals surface area contributed by atoms with E-state index in [-0.39, 0.29) is 17.1 Å². The Morgan fingerprint density at radius 2 is 1.66 bits per heavy atom. The molecule has 3 aliphatic heterocycles. The second-order valence-electron chi connectivity index (χ2n) is 14.1. The highest BCUT2D eigenvalue weighted by Crippen LogP contribution is 2.55. The molecule has 236 valence electrons. The van der Waals surface area contributed by atoms with Crippen molar-refractivity contribution in [3.8, 4) is 0 Å². The van der Waals surface area contributed by atoms with Gasteiger partial charge in [0, 0.05) is 56.2 Å². The Labute approximate surface area is 256 Å². The maximum absolute atomic E-state index is 15.0. The Morgan fingerprint density at radius 1 is 0.955 bits per heavy atom. The van der Waals surface area contributed by atoms with Gasteiger partial charge in [-0.15, -0.1) is 10.2 Å². The number of halogens is 3. The first-order chi connectivity index (χ1) is 20.6. The molecule has 1 aromatic carbocycles. The molecule has 3 aromatic rings. The van der Waals surface area contributed by atoms with Gasteiger partial charge in [-0.25, -0.2) is 13.2 Å². The van der Waals surface area contributed by atoms with Crippen LogP contribution in [-0.2, 0) is 20.5 Å². The molecule has 2 fully saturated rings. The lowest BCUT2D eigenvalue weighted by atomic mass is 9.81. The molecule has 2 unspecified atom stereocenters. The highest BCUT2D eigenvalue weighted by Gasteiger charge is 2.55. The molecule has 0 aliphatic carbocycles. The number of rotatable bonds is 4. The van der Waals surface area contributed by atoms with Gasteiger partial charge in [-0.1, -0.05) is 6.07 Å². The van der Waals surface area contributed by atoms with Gasteiger partial charge in [0.25, 0.3) is 0 Å². The van der Waals surface area contributed by atoms with Crippen LogP contribution < -0.4 is 0 Å². The van der Waals surface area contributed by atoms with Gasteiger partial charge in [-0.2, -0.15) is 0 Å².